The summed E-state index contributed by atoms with van der Waals surface area (Å²) < 4.78 is 0.949. The highest BCUT2D eigenvalue weighted by Gasteiger charge is 2.20. The van der Waals surface area contributed by atoms with Gasteiger partial charge in [0.1, 0.15) is 10.4 Å². The van der Waals surface area contributed by atoms with E-state index in [9.17, 15) is 4.79 Å². The molecular formula is C15H15N3OS2. The van der Waals surface area contributed by atoms with E-state index in [0.29, 0.717) is 17.1 Å². The SMILES string of the molecule is CN(CCc1cccs1)C(=O)c1sc2cccnc2c1N. The maximum atomic E-state index is 12.5. The molecule has 0 bridgehead atoms. The first-order valence-electron chi connectivity index (χ1n) is 6.57. The maximum absolute atomic E-state index is 12.5. The number of pyridine rings is 1. The number of likely N-dealkylation sites (N-methyl/N-ethyl adjacent to an activating group) is 1. The van der Waals surface area contributed by atoms with Crippen molar-refractivity contribution in [1.82, 2.24) is 9.88 Å². The fourth-order valence-electron chi connectivity index (χ4n) is 2.11. The van der Waals surface area contributed by atoms with E-state index in [2.05, 4.69) is 11.1 Å². The molecule has 6 heteroatoms. The molecule has 0 saturated heterocycles. The third-order valence-corrected chi connectivity index (χ3v) is 5.38. The van der Waals surface area contributed by atoms with Crippen LogP contribution in [0.3, 0.4) is 0 Å². The molecule has 0 fully saturated rings. The Bertz CT molecular complexity index is 764. The second kappa shape index (κ2) is 5.83. The highest BCUT2D eigenvalue weighted by molar-refractivity contribution is 7.21. The van der Waals surface area contributed by atoms with Crippen LogP contribution in [0.15, 0.2) is 35.8 Å². The maximum Gasteiger partial charge on any atom is 0.265 e. The van der Waals surface area contributed by atoms with Crippen LogP contribution in [-0.2, 0) is 6.42 Å². The topological polar surface area (TPSA) is 59.2 Å². The van der Waals surface area contributed by atoms with Gasteiger partial charge in [0.2, 0.25) is 0 Å². The number of fused-ring (bicyclic) bond motifs is 1. The Morgan fingerprint density at radius 1 is 1.38 bits per heavy atom. The number of carbonyl (C=O) groups excluding carboxylic acids is 1. The third-order valence-electron chi connectivity index (χ3n) is 3.30. The zero-order valence-electron chi connectivity index (χ0n) is 11.6. The molecule has 0 radical (unpaired) electrons. The van der Waals surface area contributed by atoms with Crippen molar-refractivity contribution in [2.75, 3.05) is 19.3 Å². The highest BCUT2D eigenvalue weighted by atomic mass is 32.1. The normalized spacial score (nSPS) is 10.9. The molecule has 2 N–H and O–H groups in total. The van der Waals surface area contributed by atoms with Crippen molar-refractivity contribution in [3.63, 3.8) is 0 Å². The summed E-state index contributed by atoms with van der Waals surface area (Å²) >= 11 is 3.12. The molecule has 0 saturated carbocycles. The Hall–Kier alpha value is -1.92. The molecule has 3 rings (SSSR count). The van der Waals surface area contributed by atoms with Crippen LogP contribution in [0.5, 0.6) is 0 Å². The minimum atomic E-state index is -0.0351. The first-order chi connectivity index (χ1) is 10.2. The monoisotopic (exact) mass is 317 g/mol. The van der Waals surface area contributed by atoms with E-state index in [0.717, 1.165) is 16.6 Å². The molecule has 4 nitrogen and oxygen atoms in total. The molecule has 0 unspecified atom stereocenters. The molecule has 3 aromatic heterocycles. The van der Waals surface area contributed by atoms with Crippen LogP contribution in [0.25, 0.3) is 10.2 Å². The van der Waals surface area contributed by atoms with E-state index >= 15 is 0 Å². The average molecular weight is 317 g/mol. The van der Waals surface area contributed by atoms with Crippen molar-refractivity contribution >= 4 is 44.5 Å². The number of amides is 1. The van der Waals surface area contributed by atoms with Gasteiger partial charge in [-0.1, -0.05) is 6.07 Å². The summed E-state index contributed by atoms with van der Waals surface area (Å²) in [5.74, 6) is -0.0351. The van der Waals surface area contributed by atoms with E-state index in [1.165, 1.54) is 16.2 Å². The van der Waals surface area contributed by atoms with Crippen molar-refractivity contribution in [2.45, 2.75) is 6.42 Å². The van der Waals surface area contributed by atoms with Crippen LogP contribution in [0.1, 0.15) is 14.5 Å². The summed E-state index contributed by atoms with van der Waals surface area (Å²) in [4.78, 5) is 20.4. The smallest absolute Gasteiger partial charge is 0.265 e. The number of aromatic nitrogens is 1. The van der Waals surface area contributed by atoms with Gasteiger partial charge < -0.3 is 10.6 Å². The first kappa shape index (κ1) is 14.0. The van der Waals surface area contributed by atoms with Crippen molar-refractivity contribution in [2.24, 2.45) is 0 Å². The number of nitrogen functional groups attached to an aromatic ring is 1. The van der Waals surface area contributed by atoms with Gasteiger partial charge in [-0.25, -0.2) is 0 Å². The standard InChI is InChI=1S/C15H15N3OS2/c1-18(8-6-10-4-3-9-20-10)15(19)14-12(16)13-11(21-14)5-2-7-17-13/h2-5,7,9H,6,8,16H2,1H3. The van der Waals surface area contributed by atoms with Gasteiger partial charge in [-0.2, -0.15) is 0 Å². The molecule has 0 atom stereocenters. The number of rotatable bonds is 4. The number of hydrogen-bond acceptors (Lipinski definition) is 5. The average Bonchev–Trinajstić information content (AvgIpc) is 3.13. The molecule has 3 heterocycles. The van der Waals surface area contributed by atoms with Gasteiger partial charge in [0.15, 0.2) is 0 Å². The molecule has 0 aliphatic rings. The molecular weight excluding hydrogens is 302 g/mol. The molecule has 0 aromatic carbocycles. The molecule has 0 aliphatic carbocycles. The summed E-state index contributed by atoms with van der Waals surface area (Å²) in [6.45, 7) is 0.681. The van der Waals surface area contributed by atoms with Crippen LogP contribution in [0.4, 0.5) is 5.69 Å². The van der Waals surface area contributed by atoms with Crippen LogP contribution in [-0.4, -0.2) is 29.4 Å². The lowest BCUT2D eigenvalue weighted by Gasteiger charge is -2.16. The first-order valence-corrected chi connectivity index (χ1v) is 8.27. The fraction of sp³-hybridized carbons (Fsp3) is 0.200. The Balaban J connectivity index is 1.78. The lowest BCUT2D eigenvalue weighted by atomic mass is 10.3. The molecule has 3 aromatic rings. The van der Waals surface area contributed by atoms with Gasteiger partial charge in [-0.05, 0) is 30.0 Å². The van der Waals surface area contributed by atoms with Gasteiger partial charge in [-0.15, -0.1) is 22.7 Å². The Labute approximate surface area is 130 Å². The zero-order valence-corrected chi connectivity index (χ0v) is 13.2. The van der Waals surface area contributed by atoms with Gasteiger partial charge in [-0.3, -0.25) is 9.78 Å². The van der Waals surface area contributed by atoms with Crippen LogP contribution < -0.4 is 5.73 Å². The van der Waals surface area contributed by atoms with Crippen LogP contribution in [0.2, 0.25) is 0 Å². The summed E-state index contributed by atoms with van der Waals surface area (Å²) in [6, 6.07) is 7.90. The lowest BCUT2D eigenvalue weighted by molar-refractivity contribution is 0.0802. The Morgan fingerprint density at radius 2 is 2.24 bits per heavy atom. The summed E-state index contributed by atoms with van der Waals surface area (Å²) in [5.41, 5.74) is 7.28. The van der Waals surface area contributed by atoms with Crippen molar-refractivity contribution in [3.8, 4) is 0 Å². The predicted octanol–water partition coefficient (Wildman–Crippen LogP) is 3.25. The Kier molecular flexibility index (Phi) is 3.90. The zero-order chi connectivity index (χ0) is 14.8. The highest BCUT2D eigenvalue weighted by Crippen LogP contribution is 2.32. The van der Waals surface area contributed by atoms with Gasteiger partial charge in [0.05, 0.1) is 10.4 Å². The summed E-state index contributed by atoms with van der Waals surface area (Å²) in [5, 5.41) is 2.05. The van der Waals surface area contributed by atoms with E-state index in [-0.39, 0.29) is 5.91 Å². The predicted molar refractivity (Wildman–Crippen MR) is 89.0 cm³/mol. The van der Waals surface area contributed by atoms with Gasteiger partial charge in [0.25, 0.3) is 5.91 Å². The number of hydrogen-bond donors (Lipinski definition) is 1. The van der Waals surface area contributed by atoms with Gasteiger partial charge in [0, 0.05) is 24.7 Å². The largest absolute Gasteiger partial charge is 0.396 e. The van der Waals surface area contributed by atoms with Crippen LogP contribution in [0, 0.1) is 0 Å². The minimum absolute atomic E-state index is 0.0351. The molecule has 21 heavy (non-hydrogen) atoms. The molecule has 108 valence electrons. The summed E-state index contributed by atoms with van der Waals surface area (Å²) in [6.07, 6.45) is 2.56. The van der Waals surface area contributed by atoms with Crippen molar-refractivity contribution in [3.05, 3.63) is 45.6 Å². The quantitative estimate of drug-likeness (QED) is 0.803. The molecule has 1 amide bonds. The second-order valence-electron chi connectivity index (χ2n) is 4.75. The number of thiophene rings is 2. The third kappa shape index (κ3) is 2.77. The van der Waals surface area contributed by atoms with E-state index in [4.69, 9.17) is 5.73 Å². The summed E-state index contributed by atoms with van der Waals surface area (Å²) in [7, 11) is 1.81. The second-order valence-corrected chi connectivity index (χ2v) is 6.84. The van der Waals surface area contributed by atoms with E-state index in [1.807, 2.05) is 30.6 Å². The number of nitrogens with two attached hydrogens (primary N) is 1. The number of anilines is 1. The minimum Gasteiger partial charge on any atom is -0.396 e. The van der Waals surface area contributed by atoms with E-state index in [1.54, 1.807) is 22.4 Å². The lowest BCUT2D eigenvalue weighted by Crippen LogP contribution is -2.28. The van der Waals surface area contributed by atoms with E-state index < -0.39 is 0 Å². The molecule has 0 aliphatic heterocycles. The van der Waals surface area contributed by atoms with Crippen molar-refractivity contribution < 1.29 is 4.79 Å². The van der Waals surface area contributed by atoms with Gasteiger partial charge >= 0.3 is 0 Å². The van der Waals surface area contributed by atoms with Crippen LogP contribution >= 0.6 is 22.7 Å². The fourth-order valence-corrected chi connectivity index (χ4v) is 3.89. The van der Waals surface area contributed by atoms with Crippen molar-refractivity contribution in [1.29, 1.82) is 0 Å². The Morgan fingerprint density at radius 3 is 2.95 bits per heavy atom. The molecule has 0 spiro atoms. The number of nitrogens with zero attached hydrogens (tertiary/aromatic N) is 2. The number of carbonyl (C=O) groups is 1.